The minimum absolute atomic E-state index is 0.966. The van der Waals surface area contributed by atoms with Crippen LogP contribution < -0.4 is 20.7 Å². The van der Waals surface area contributed by atoms with Crippen LogP contribution in [0.2, 0.25) is 0 Å². The lowest BCUT2D eigenvalue weighted by atomic mass is 10.1. The molecule has 1 aliphatic heterocycles. The van der Waals surface area contributed by atoms with Gasteiger partial charge in [0.05, 0.1) is 0 Å². The number of hydrogen-bond acceptors (Lipinski definition) is 1. The van der Waals surface area contributed by atoms with E-state index in [1.165, 1.54) is 31.9 Å². The molecule has 3 aromatic carbocycles. The first-order valence-electron chi connectivity index (χ1n) is 9.03. The summed E-state index contributed by atoms with van der Waals surface area (Å²) in [6, 6.07) is 33.4. The van der Waals surface area contributed by atoms with Gasteiger partial charge in [0.25, 0.3) is 0 Å². The largest absolute Gasteiger partial charge is 0.264 e. The molecule has 1 nitrogen and oxygen atoms in total. The third-order valence-electron chi connectivity index (χ3n) is 5.52. The molecule has 26 heavy (non-hydrogen) atoms. The van der Waals surface area contributed by atoms with Gasteiger partial charge in [0.2, 0.25) is 0 Å². The molecule has 0 saturated heterocycles. The van der Waals surface area contributed by atoms with E-state index in [0.717, 1.165) is 6.42 Å². The number of benzene rings is 3. The lowest BCUT2D eigenvalue weighted by Gasteiger charge is -2.40. The molecule has 0 spiro atoms. The Kier molecular flexibility index (Phi) is 3.58. The maximum Gasteiger partial charge on any atom is 0.180 e. The quantitative estimate of drug-likeness (QED) is 0.446. The van der Waals surface area contributed by atoms with Crippen LogP contribution in [0.3, 0.4) is 0 Å². The van der Waals surface area contributed by atoms with E-state index in [4.69, 9.17) is 0 Å². The van der Waals surface area contributed by atoms with E-state index in [1.807, 2.05) is 6.20 Å². The second-order valence-electron chi connectivity index (χ2n) is 6.85. The van der Waals surface area contributed by atoms with Gasteiger partial charge >= 0.3 is 0 Å². The van der Waals surface area contributed by atoms with E-state index < -0.39 is 8.07 Å². The van der Waals surface area contributed by atoms with Crippen molar-refractivity contribution in [3.8, 4) is 0 Å². The van der Waals surface area contributed by atoms with Crippen molar-refractivity contribution in [2.24, 2.45) is 0 Å². The highest BCUT2D eigenvalue weighted by Crippen LogP contribution is 2.20. The standard InChI is InChI=1S/C24H19NSi/c1-3-10-21(11-4-1)26(22-12-5-2-6-13-22)23-14-8-7-9-19(23)17-20-18-25-16-15-24(20)26/h1-16,18H,17H2. The molecule has 1 aromatic heterocycles. The first-order chi connectivity index (χ1) is 12.9. The van der Waals surface area contributed by atoms with Gasteiger partial charge in [-0.2, -0.15) is 0 Å². The Morgan fingerprint density at radius 2 is 1.15 bits per heavy atom. The van der Waals surface area contributed by atoms with Crippen molar-refractivity contribution in [1.82, 2.24) is 4.98 Å². The Morgan fingerprint density at radius 1 is 0.577 bits per heavy atom. The topological polar surface area (TPSA) is 12.9 Å². The van der Waals surface area contributed by atoms with Crippen molar-refractivity contribution in [3.63, 3.8) is 0 Å². The van der Waals surface area contributed by atoms with E-state index in [1.54, 1.807) is 0 Å². The molecule has 0 atom stereocenters. The number of nitrogens with zero attached hydrogens (tertiary/aromatic N) is 1. The second-order valence-corrected chi connectivity index (χ2v) is 10.6. The van der Waals surface area contributed by atoms with Gasteiger partial charge in [0, 0.05) is 12.4 Å². The summed E-state index contributed by atoms with van der Waals surface area (Å²) in [4.78, 5) is 4.45. The fraction of sp³-hybridized carbons (Fsp3) is 0.0417. The molecular weight excluding hydrogens is 330 g/mol. The number of aromatic nitrogens is 1. The Balaban J connectivity index is 1.97. The van der Waals surface area contributed by atoms with Crippen molar-refractivity contribution < 1.29 is 0 Å². The van der Waals surface area contributed by atoms with Gasteiger partial charge in [0.1, 0.15) is 0 Å². The van der Waals surface area contributed by atoms with E-state index in [0.29, 0.717) is 0 Å². The molecule has 0 fully saturated rings. The highest BCUT2D eigenvalue weighted by atomic mass is 28.3. The Bertz CT molecular complexity index is 971. The fourth-order valence-electron chi connectivity index (χ4n) is 4.49. The molecule has 2 heteroatoms. The van der Waals surface area contributed by atoms with Crippen molar-refractivity contribution in [3.05, 3.63) is 115 Å². The van der Waals surface area contributed by atoms with E-state index in [9.17, 15) is 0 Å². The van der Waals surface area contributed by atoms with Crippen LogP contribution in [0.25, 0.3) is 0 Å². The zero-order chi connectivity index (χ0) is 17.4. The molecule has 0 amide bonds. The van der Waals surface area contributed by atoms with Gasteiger partial charge in [-0.05, 0) is 44.4 Å². The maximum absolute atomic E-state index is 4.45. The molecule has 0 unspecified atom stereocenters. The average Bonchev–Trinajstić information content (AvgIpc) is 2.73. The summed E-state index contributed by atoms with van der Waals surface area (Å²) >= 11 is 0. The van der Waals surface area contributed by atoms with Gasteiger partial charge in [-0.3, -0.25) is 4.98 Å². The van der Waals surface area contributed by atoms with Crippen LogP contribution in [0.4, 0.5) is 0 Å². The SMILES string of the molecule is c1ccc([Si]2(c3ccccc3)c3ccccc3Cc3cnccc32)cc1. The van der Waals surface area contributed by atoms with Gasteiger partial charge < -0.3 is 0 Å². The average molecular weight is 350 g/mol. The van der Waals surface area contributed by atoms with Gasteiger partial charge in [0.15, 0.2) is 8.07 Å². The van der Waals surface area contributed by atoms with Gasteiger partial charge in [-0.15, -0.1) is 0 Å². The first-order valence-corrected chi connectivity index (χ1v) is 11.0. The predicted molar refractivity (Wildman–Crippen MR) is 111 cm³/mol. The number of pyridine rings is 1. The lowest BCUT2D eigenvalue weighted by Crippen LogP contribution is -2.77. The fourth-order valence-corrected chi connectivity index (χ4v) is 9.70. The zero-order valence-corrected chi connectivity index (χ0v) is 15.5. The van der Waals surface area contributed by atoms with Crippen LogP contribution in [-0.2, 0) is 6.42 Å². The second kappa shape index (κ2) is 6.08. The van der Waals surface area contributed by atoms with Crippen molar-refractivity contribution in [1.29, 1.82) is 0 Å². The number of hydrogen-bond donors (Lipinski definition) is 0. The maximum atomic E-state index is 4.45. The monoisotopic (exact) mass is 349 g/mol. The first kappa shape index (κ1) is 15.3. The van der Waals surface area contributed by atoms with Crippen LogP contribution in [0.5, 0.6) is 0 Å². The van der Waals surface area contributed by atoms with Gasteiger partial charge in [-0.1, -0.05) is 84.9 Å². The molecule has 2 heterocycles. The Labute approximate surface area is 155 Å². The molecule has 1 aliphatic rings. The van der Waals surface area contributed by atoms with Crippen LogP contribution in [-0.4, -0.2) is 13.1 Å². The highest BCUT2D eigenvalue weighted by Gasteiger charge is 2.46. The number of fused-ring (bicyclic) bond motifs is 2. The summed E-state index contributed by atoms with van der Waals surface area (Å²) in [5, 5.41) is 5.86. The van der Waals surface area contributed by atoms with E-state index >= 15 is 0 Å². The van der Waals surface area contributed by atoms with Crippen LogP contribution >= 0.6 is 0 Å². The summed E-state index contributed by atoms with van der Waals surface area (Å²) in [5.74, 6) is 0. The third-order valence-corrected chi connectivity index (χ3v) is 10.5. The highest BCUT2D eigenvalue weighted by molar-refractivity contribution is 7.20. The Hall–Kier alpha value is -2.97. The van der Waals surface area contributed by atoms with E-state index in [-0.39, 0.29) is 0 Å². The van der Waals surface area contributed by atoms with Crippen molar-refractivity contribution in [2.45, 2.75) is 6.42 Å². The molecule has 5 rings (SSSR count). The molecular formula is C24H19NSi. The third kappa shape index (κ3) is 2.12. The minimum Gasteiger partial charge on any atom is -0.264 e. The minimum atomic E-state index is -2.32. The summed E-state index contributed by atoms with van der Waals surface area (Å²) in [6.07, 6.45) is 4.99. The number of rotatable bonds is 2. The molecule has 124 valence electrons. The summed E-state index contributed by atoms with van der Waals surface area (Å²) in [7, 11) is -2.32. The Morgan fingerprint density at radius 3 is 1.85 bits per heavy atom. The van der Waals surface area contributed by atoms with Crippen LogP contribution in [0, 0.1) is 0 Å². The normalized spacial score (nSPS) is 14.3. The zero-order valence-electron chi connectivity index (χ0n) is 14.5. The lowest BCUT2D eigenvalue weighted by molar-refractivity contribution is 1.16. The summed E-state index contributed by atoms with van der Waals surface area (Å²) in [6.45, 7) is 0. The predicted octanol–water partition coefficient (Wildman–Crippen LogP) is 2.36. The summed E-state index contributed by atoms with van der Waals surface area (Å²) < 4.78 is 0. The van der Waals surface area contributed by atoms with Gasteiger partial charge in [-0.25, -0.2) is 0 Å². The molecule has 0 saturated carbocycles. The van der Waals surface area contributed by atoms with Crippen LogP contribution in [0.15, 0.2) is 103 Å². The molecule has 0 radical (unpaired) electrons. The summed E-state index contributed by atoms with van der Waals surface area (Å²) in [5.41, 5.74) is 2.80. The van der Waals surface area contributed by atoms with Crippen molar-refractivity contribution >= 4 is 28.8 Å². The van der Waals surface area contributed by atoms with E-state index in [2.05, 4.69) is 102 Å². The van der Waals surface area contributed by atoms with Crippen LogP contribution in [0.1, 0.15) is 11.1 Å². The molecule has 0 aliphatic carbocycles. The smallest absolute Gasteiger partial charge is 0.180 e. The molecule has 4 aromatic rings. The van der Waals surface area contributed by atoms with Crippen molar-refractivity contribution in [2.75, 3.05) is 0 Å². The molecule has 0 bridgehead atoms. The molecule has 0 N–H and O–H groups in total.